The monoisotopic (exact) mass is 271 g/mol. The van der Waals surface area contributed by atoms with Crippen LogP contribution in [0.5, 0.6) is 11.5 Å². The minimum absolute atomic E-state index is 0.130. The van der Waals surface area contributed by atoms with Gasteiger partial charge in [-0.1, -0.05) is 12.8 Å². The second-order valence-electron chi connectivity index (χ2n) is 4.96. The first-order valence-electron chi connectivity index (χ1n) is 6.35. The molecule has 1 aromatic rings. The summed E-state index contributed by atoms with van der Waals surface area (Å²) in [7, 11) is 2.88. The molecule has 1 aromatic carbocycles. The van der Waals surface area contributed by atoms with Crippen LogP contribution in [0.25, 0.3) is 0 Å². The Kier molecular flexibility index (Phi) is 3.94. The zero-order valence-electron chi connectivity index (χ0n) is 11.2. The summed E-state index contributed by atoms with van der Waals surface area (Å²) in [6.07, 6.45) is 1.01. The maximum atomic E-state index is 13.1. The summed E-state index contributed by atoms with van der Waals surface area (Å²) in [4.78, 5) is 0. The fourth-order valence-electron chi connectivity index (χ4n) is 2.76. The maximum absolute atomic E-state index is 13.1. The van der Waals surface area contributed by atoms with E-state index < -0.39 is 12.0 Å². The molecule has 1 aliphatic carbocycles. The van der Waals surface area contributed by atoms with Crippen LogP contribution < -0.4 is 15.2 Å². The highest BCUT2D eigenvalue weighted by Gasteiger charge is 2.35. The average molecular weight is 271 g/mol. The molecule has 0 spiro atoms. The van der Waals surface area contributed by atoms with Gasteiger partial charge in [0.2, 0.25) is 0 Å². The number of hydrogen-bond donors (Lipinski definition) is 1. The Morgan fingerprint density at radius 3 is 2.16 bits per heavy atom. The Morgan fingerprint density at radius 1 is 1.11 bits per heavy atom. The van der Waals surface area contributed by atoms with Crippen molar-refractivity contribution in [3.05, 3.63) is 23.3 Å². The van der Waals surface area contributed by atoms with Crippen molar-refractivity contribution in [2.75, 3.05) is 14.2 Å². The van der Waals surface area contributed by atoms with Gasteiger partial charge in [0, 0.05) is 17.2 Å². The van der Waals surface area contributed by atoms with Crippen LogP contribution in [-0.2, 0) is 5.54 Å². The summed E-state index contributed by atoms with van der Waals surface area (Å²) in [5, 5.41) is 0. The van der Waals surface area contributed by atoms with Gasteiger partial charge in [-0.05, 0) is 18.9 Å². The van der Waals surface area contributed by atoms with E-state index in [-0.39, 0.29) is 11.3 Å². The molecule has 0 radical (unpaired) electrons. The van der Waals surface area contributed by atoms with Gasteiger partial charge in [-0.3, -0.25) is 0 Å². The molecule has 0 atom stereocenters. The van der Waals surface area contributed by atoms with Crippen molar-refractivity contribution >= 4 is 0 Å². The van der Waals surface area contributed by atoms with Crippen molar-refractivity contribution in [3.63, 3.8) is 0 Å². The molecule has 1 aliphatic rings. The maximum Gasteiger partial charge on any atom is 0.267 e. The van der Waals surface area contributed by atoms with E-state index in [9.17, 15) is 8.78 Å². The Balaban J connectivity index is 2.55. The second-order valence-corrected chi connectivity index (χ2v) is 4.96. The van der Waals surface area contributed by atoms with Crippen LogP contribution in [0.15, 0.2) is 12.1 Å². The lowest BCUT2D eigenvalue weighted by Crippen LogP contribution is -2.33. The molecule has 0 bridgehead atoms. The minimum atomic E-state index is -2.59. The quantitative estimate of drug-likeness (QED) is 0.913. The predicted octanol–water partition coefficient (Wildman–Crippen LogP) is 3.37. The number of halogens is 2. The molecule has 19 heavy (non-hydrogen) atoms. The number of ether oxygens (including phenoxy) is 2. The smallest absolute Gasteiger partial charge is 0.267 e. The lowest BCUT2D eigenvalue weighted by molar-refractivity contribution is 0.146. The van der Waals surface area contributed by atoms with Crippen molar-refractivity contribution in [1.82, 2.24) is 0 Å². The highest BCUT2D eigenvalue weighted by Crippen LogP contribution is 2.44. The molecule has 0 aliphatic heterocycles. The molecule has 106 valence electrons. The van der Waals surface area contributed by atoms with Gasteiger partial charge < -0.3 is 15.2 Å². The fraction of sp³-hybridized carbons (Fsp3) is 0.571. The van der Waals surface area contributed by atoms with E-state index in [1.54, 1.807) is 0 Å². The average Bonchev–Trinajstić information content (AvgIpc) is 2.84. The van der Waals surface area contributed by atoms with E-state index in [1.807, 2.05) is 0 Å². The highest BCUT2D eigenvalue weighted by atomic mass is 19.3. The molecule has 3 nitrogen and oxygen atoms in total. The SMILES string of the molecule is COc1cc(OC)c(C2(N)CCCC2)cc1C(F)F. The zero-order valence-corrected chi connectivity index (χ0v) is 11.2. The first kappa shape index (κ1) is 14.1. The normalized spacial score (nSPS) is 17.8. The molecular formula is C14H19F2NO2. The molecule has 1 fully saturated rings. The van der Waals surface area contributed by atoms with Gasteiger partial charge in [-0.2, -0.15) is 0 Å². The van der Waals surface area contributed by atoms with Crippen LogP contribution in [-0.4, -0.2) is 14.2 Å². The van der Waals surface area contributed by atoms with Gasteiger partial charge >= 0.3 is 0 Å². The van der Waals surface area contributed by atoms with Gasteiger partial charge in [0.05, 0.1) is 19.8 Å². The molecule has 0 aromatic heterocycles. The third kappa shape index (κ3) is 2.52. The summed E-state index contributed by atoms with van der Waals surface area (Å²) < 4.78 is 36.5. The third-order valence-electron chi connectivity index (χ3n) is 3.82. The molecule has 2 N–H and O–H groups in total. The molecule has 0 unspecified atom stereocenters. The number of hydrogen-bond acceptors (Lipinski definition) is 3. The molecule has 1 saturated carbocycles. The van der Waals surface area contributed by atoms with Gasteiger partial charge in [0.1, 0.15) is 11.5 Å². The molecular weight excluding hydrogens is 252 g/mol. The molecule has 0 saturated heterocycles. The summed E-state index contributed by atoms with van der Waals surface area (Å²) >= 11 is 0. The summed E-state index contributed by atoms with van der Waals surface area (Å²) in [5.41, 5.74) is 6.31. The van der Waals surface area contributed by atoms with Gasteiger partial charge in [0.25, 0.3) is 6.43 Å². The van der Waals surface area contributed by atoms with E-state index in [0.717, 1.165) is 25.7 Å². The molecule has 0 amide bonds. The number of alkyl halides is 2. The lowest BCUT2D eigenvalue weighted by Gasteiger charge is -2.27. The number of rotatable bonds is 4. The summed E-state index contributed by atoms with van der Waals surface area (Å²) in [6, 6.07) is 2.94. The Morgan fingerprint density at radius 2 is 1.68 bits per heavy atom. The topological polar surface area (TPSA) is 44.5 Å². The van der Waals surface area contributed by atoms with Crippen molar-refractivity contribution in [2.24, 2.45) is 5.73 Å². The van der Waals surface area contributed by atoms with E-state index in [2.05, 4.69) is 0 Å². The van der Waals surface area contributed by atoms with Gasteiger partial charge in [0.15, 0.2) is 0 Å². The molecule has 2 rings (SSSR count). The second kappa shape index (κ2) is 5.33. The first-order chi connectivity index (χ1) is 9.01. The van der Waals surface area contributed by atoms with Crippen molar-refractivity contribution in [3.8, 4) is 11.5 Å². The van der Waals surface area contributed by atoms with Crippen LogP contribution in [0, 0.1) is 0 Å². The van der Waals surface area contributed by atoms with E-state index >= 15 is 0 Å². The number of methoxy groups -OCH3 is 2. The number of nitrogens with two attached hydrogens (primary N) is 1. The first-order valence-corrected chi connectivity index (χ1v) is 6.35. The predicted molar refractivity (Wildman–Crippen MR) is 68.8 cm³/mol. The van der Waals surface area contributed by atoms with Crippen molar-refractivity contribution < 1.29 is 18.3 Å². The van der Waals surface area contributed by atoms with Crippen LogP contribution in [0.2, 0.25) is 0 Å². The van der Waals surface area contributed by atoms with Crippen LogP contribution >= 0.6 is 0 Å². The molecule has 0 heterocycles. The van der Waals surface area contributed by atoms with E-state index in [0.29, 0.717) is 11.3 Å². The van der Waals surface area contributed by atoms with Gasteiger partial charge in [-0.15, -0.1) is 0 Å². The lowest BCUT2D eigenvalue weighted by atomic mass is 9.87. The van der Waals surface area contributed by atoms with Crippen LogP contribution in [0.4, 0.5) is 8.78 Å². The van der Waals surface area contributed by atoms with Crippen molar-refractivity contribution in [1.29, 1.82) is 0 Å². The van der Waals surface area contributed by atoms with Crippen molar-refractivity contribution in [2.45, 2.75) is 37.6 Å². The summed E-state index contributed by atoms with van der Waals surface area (Å²) in [5.74, 6) is 0.655. The zero-order chi connectivity index (χ0) is 14.0. The Hall–Kier alpha value is -1.36. The Bertz CT molecular complexity index is 457. The minimum Gasteiger partial charge on any atom is -0.496 e. The number of benzene rings is 1. The summed E-state index contributed by atoms with van der Waals surface area (Å²) in [6.45, 7) is 0. The van der Waals surface area contributed by atoms with E-state index in [4.69, 9.17) is 15.2 Å². The fourth-order valence-corrected chi connectivity index (χ4v) is 2.76. The Labute approximate surface area is 111 Å². The third-order valence-corrected chi connectivity index (χ3v) is 3.82. The van der Waals surface area contributed by atoms with E-state index in [1.165, 1.54) is 26.4 Å². The van der Waals surface area contributed by atoms with Gasteiger partial charge in [-0.25, -0.2) is 8.78 Å². The standard InChI is InChI=1S/C14H19F2NO2/c1-18-11-8-12(19-2)10(7-9(11)13(15)16)14(17)5-3-4-6-14/h7-8,13H,3-6,17H2,1-2H3. The van der Waals surface area contributed by atoms with Crippen LogP contribution in [0.1, 0.15) is 43.2 Å². The largest absolute Gasteiger partial charge is 0.496 e. The van der Waals surface area contributed by atoms with Crippen LogP contribution in [0.3, 0.4) is 0 Å². The highest BCUT2D eigenvalue weighted by molar-refractivity contribution is 5.50. The molecule has 5 heteroatoms.